The van der Waals surface area contributed by atoms with E-state index in [0.717, 1.165) is 16.4 Å². The number of carbonyl (C=O) groups is 1. The van der Waals surface area contributed by atoms with E-state index in [2.05, 4.69) is 5.32 Å². The minimum Gasteiger partial charge on any atom is -0.321 e. The van der Waals surface area contributed by atoms with Crippen LogP contribution in [0.15, 0.2) is 42.5 Å². The number of halogens is 4. The number of hydrogen-bond acceptors (Lipinski definition) is 3. The Balaban J connectivity index is 2.26. The Morgan fingerprint density at radius 3 is 2.26 bits per heavy atom. The van der Waals surface area contributed by atoms with E-state index in [-0.39, 0.29) is 16.3 Å². The molecule has 5 nitrogen and oxygen atoms in total. The molecule has 27 heavy (non-hydrogen) atoms. The summed E-state index contributed by atoms with van der Waals surface area (Å²) < 4.78 is 64.0. The van der Waals surface area contributed by atoms with Crippen LogP contribution in [-0.4, -0.2) is 27.1 Å². The van der Waals surface area contributed by atoms with E-state index in [4.69, 9.17) is 11.6 Å². The van der Waals surface area contributed by atoms with Crippen LogP contribution < -0.4 is 9.62 Å². The normalized spacial score (nSPS) is 11.9. The largest absolute Gasteiger partial charge is 0.418 e. The highest BCUT2D eigenvalue weighted by atomic mass is 35.5. The molecule has 0 heterocycles. The number of benzene rings is 2. The molecule has 0 aliphatic rings. The highest BCUT2D eigenvalue weighted by Crippen LogP contribution is 2.36. The molecule has 0 saturated carbocycles. The summed E-state index contributed by atoms with van der Waals surface area (Å²) in [5, 5.41) is 2.09. The van der Waals surface area contributed by atoms with Crippen LogP contribution in [0.5, 0.6) is 0 Å². The van der Waals surface area contributed by atoms with Gasteiger partial charge in [0.2, 0.25) is 10.0 Å². The third-order valence-electron chi connectivity index (χ3n) is 3.81. The fourth-order valence-electron chi connectivity index (χ4n) is 2.23. The summed E-state index contributed by atoms with van der Waals surface area (Å²) >= 11 is 5.61. The molecule has 0 unspecified atom stereocenters. The number of amides is 1. The lowest BCUT2D eigenvalue weighted by Gasteiger charge is -2.18. The minimum absolute atomic E-state index is 0.0733. The molecule has 0 aromatic heterocycles. The summed E-state index contributed by atoms with van der Waals surface area (Å²) in [5.74, 6) is -0.863. The third kappa shape index (κ3) is 4.92. The van der Waals surface area contributed by atoms with Gasteiger partial charge in [-0.25, -0.2) is 8.42 Å². The van der Waals surface area contributed by atoms with Gasteiger partial charge in [-0.1, -0.05) is 11.6 Å². The zero-order chi connectivity index (χ0) is 20.4. The second-order valence-corrected chi connectivity index (χ2v) is 8.28. The standard InChI is InChI=1S/C17H16ClF3N2O3S/c1-3-27(25,26)23(2)13-7-4-11(5-8-13)16(24)22-15-9-6-12(18)10-14(15)17(19,20)21/h4-10H,3H2,1-2H3,(H,22,24). The van der Waals surface area contributed by atoms with Gasteiger partial charge in [0.1, 0.15) is 0 Å². The van der Waals surface area contributed by atoms with Crippen LogP contribution in [0.25, 0.3) is 0 Å². The number of alkyl halides is 3. The second-order valence-electron chi connectivity index (χ2n) is 5.56. The second kappa shape index (κ2) is 7.77. The first-order valence-electron chi connectivity index (χ1n) is 7.70. The molecule has 0 aliphatic carbocycles. The summed E-state index contributed by atoms with van der Waals surface area (Å²) in [6.45, 7) is 1.50. The molecular weight excluding hydrogens is 405 g/mol. The Morgan fingerprint density at radius 2 is 1.74 bits per heavy atom. The Morgan fingerprint density at radius 1 is 1.15 bits per heavy atom. The van der Waals surface area contributed by atoms with E-state index in [0.29, 0.717) is 5.69 Å². The van der Waals surface area contributed by atoms with Crippen molar-refractivity contribution in [1.29, 1.82) is 0 Å². The lowest BCUT2D eigenvalue weighted by atomic mass is 10.1. The first-order chi connectivity index (χ1) is 12.5. The molecule has 2 rings (SSSR count). The highest BCUT2D eigenvalue weighted by Gasteiger charge is 2.34. The lowest BCUT2D eigenvalue weighted by molar-refractivity contribution is -0.136. The monoisotopic (exact) mass is 420 g/mol. The Bertz CT molecular complexity index is 945. The van der Waals surface area contributed by atoms with Gasteiger partial charge >= 0.3 is 6.18 Å². The molecule has 2 aromatic rings. The minimum atomic E-state index is -4.69. The van der Waals surface area contributed by atoms with Gasteiger partial charge in [0.25, 0.3) is 5.91 Å². The number of hydrogen-bond donors (Lipinski definition) is 1. The zero-order valence-electron chi connectivity index (χ0n) is 14.3. The van der Waals surface area contributed by atoms with Gasteiger partial charge in [-0.3, -0.25) is 9.10 Å². The average Bonchev–Trinajstić information content (AvgIpc) is 2.61. The van der Waals surface area contributed by atoms with Crippen LogP contribution in [0.1, 0.15) is 22.8 Å². The van der Waals surface area contributed by atoms with Gasteiger partial charge in [-0.05, 0) is 49.4 Å². The van der Waals surface area contributed by atoms with Gasteiger partial charge in [-0.2, -0.15) is 13.2 Å². The molecule has 1 N–H and O–H groups in total. The molecule has 0 bridgehead atoms. The van der Waals surface area contributed by atoms with Crippen molar-refractivity contribution in [2.75, 3.05) is 22.4 Å². The number of anilines is 2. The number of carbonyl (C=O) groups excluding carboxylic acids is 1. The van der Waals surface area contributed by atoms with Gasteiger partial charge in [0.15, 0.2) is 0 Å². The molecule has 1 amide bonds. The van der Waals surface area contributed by atoms with Gasteiger partial charge in [0, 0.05) is 17.6 Å². The fourth-order valence-corrected chi connectivity index (χ4v) is 3.23. The van der Waals surface area contributed by atoms with Crippen molar-refractivity contribution < 1.29 is 26.4 Å². The molecule has 0 aliphatic heterocycles. The number of nitrogens with one attached hydrogen (secondary N) is 1. The van der Waals surface area contributed by atoms with Crippen molar-refractivity contribution >= 4 is 38.9 Å². The van der Waals surface area contributed by atoms with Crippen molar-refractivity contribution in [1.82, 2.24) is 0 Å². The van der Waals surface area contributed by atoms with Crippen LogP contribution in [0.2, 0.25) is 5.02 Å². The van der Waals surface area contributed by atoms with Crippen molar-refractivity contribution in [3.05, 3.63) is 58.6 Å². The van der Waals surface area contributed by atoms with Crippen LogP contribution in [0, 0.1) is 0 Å². The highest BCUT2D eigenvalue weighted by molar-refractivity contribution is 7.92. The van der Waals surface area contributed by atoms with E-state index in [1.165, 1.54) is 44.3 Å². The maximum absolute atomic E-state index is 13.1. The van der Waals surface area contributed by atoms with E-state index < -0.39 is 33.4 Å². The first kappa shape index (κ1) is 21.0. The summed E-state index contributed by atoms with van der Waals surface area (Å²) in [6, 6.07) is 8.48. The molecule has 0 radical (unpaired) electrons. The lowest BCUT2D eigenvalue weighted by Crippen LogP contribution is -2.28. The molecule has 2 aromatic carbocycles. The number of sulfonamides is 1. The molecule has 10 heteroatoms. The quantitative estimate of drug-likeness (QED) is 0.779. The van der Waals surface area contributed by atoms with Crippen molar-refractivity contribution in [2.24, 2.45) is 0 Å². The molecule has 0 saturated heterocycles. The van der Waals surface area contributed by atoms with E-state index in [1.807, 2.05) is 0 Å². The zero-order valence-corrected chi connectivity index (χ0v) is 15.9. The van der Waals surface area contributed by atoms with E-state index >= 15 is 0 Å². The Hall–Kier alpha value is -2.26. The van der Waals surface area contributed by atoms with Crippen LogP contribution in [-0.2, 0) is 16.2 Å². The summed E-state index contributed by atoms with van der Waals surface area (Å²) in [5.41, 5.74) is -1.08. The Labute approximate surface area is 159 Å². The van der Waals surface area contributed by atoms with Crippen molar-refractivity contribution in [3.8, 4) is 0 Å². The topological polar surface area (TPSA) is 66.5 Å². The van der Waals surface area contributed by atoms with Gasteiger partial charge in [-0.15, -0.1) is 0 Å². The summed E-state index contributed by atoms with van der Waals surface area (Å²) in [6.07, 6.45) is -4.69. The Kier molecular flexibility index (Phi) is 6.06. The SMILES string of the molecule is CCS(=O)(=O)N(C)c1ccc(C(=O)Nc2ccc(Cl)cc2C(F)(F)F)cc1. The number of nitrogens with zero attached hydrogens (tertiary/aromatic N) is 1. The first-order valence-corrected chi connectivity index (χ1v) is 9.69. The molecular formula is C17H16ClF3N2O3S. The van der Waals surface area contributed by atoms with Crippen LogP contribution in [0.4, 0.5) is 24.5 Å². The van der Waals surface area contributed by atoms with Crippen molar-refractivity contribution in [3.63, 3.8) is 0 Å². The van der Waals surface area contributed by atoms with E-state index in [1.54, 1.807) is 0 Å². The van der Waals surface area contributed by atoms with Crippen molar-refractivity contribution in [2.45, 2.75) is 13.1 Å². The van der Waals surface area contributed by atoms with Gasteiger partial charge < -0.3 is 5.32 Å². The average molecular weight is 421 g/mol. The fraction of sp³-hybridized carbons (Fsp3) is 0.235. The van der Waals surface area contributed by atoms with E-state index in [9.17, 15) is 26.4 Å². The maximum atomic E-state index is 13.1. The molecule has 146 valence electrons. The smallest absolute Gasteiger partial charge is 0.321 e. The maximum Gasteiger partial charge on any atom is 0.418 e. The molecule has 0 spiro atoms. The summed E-state index contributed by atoms with van der Waals surface area (Å²) in [7, 11) is -2.09. The predicted molar refractivity (Wildman–Crippen MR) is 98.7 cm³/mol. The molecule has 0 atom stereocenters. The third-order valence-corrected chi connectivity index (χ3v) is 5.82. The molecule has 0 fully saturated rings. The van der Waals surface area contributed by atoms with Gasteiger partial charge in [0.05, 0.1) is 22.7 Å². The summed E-state index contributed by atoms with van der Waals surface area (Å²) in [4.78, 5) is 12.3. The van der Waals surface area contributed by atoms with Crippen LogP contribution >= 0.6 is 11.6 Å². The predicted octanol–water partition coefficient (Wildman–Crippen LogP) is 4.40. The van der Waals surface area contributed by atoms with Crippen LogP contribution in [0.3, 0.4) is 0 Å². The number of rotatable bonds is 5.